The molecule has 18 heavy (non-hydrogen) atoms. The van der Waals surface area contributed by atoms with Crippen molar-refractivity contribution in [1.29, 1.82) is 0 Å². The topological polar surface area (TPSA) is 55.1 Å². The number of nitrogen functional groups attached to an aromatic ring is 1. The van der Waals surface area contributed by atoms with E-state index in [-0.39, 0.29) is 5.91 Å². The Bertz CT molecular complexity index is 469. The van der Waals surface area contributed by atoms with Gasteiger partial charge in [-0.05, 0) is 71.6 Å². The van der Waals surface area contributed by atoms with E-state index in [0.29, 0.717) is 29.1 Å². The molecule has 2 aliphatic carbocycles. The molecule has 4 heteroatoms. The average Bonchev–Trinajstić information content (AvgIpc) is 3.22. The van der Waals surface area contributed by atoms with Crippen molar-refractivity contribution in [2.24, 2.45) is 11.8 Å². The number of carbonyl (C=O) groups excluding carboxylic acids is 1. The van der Waals surface area contributed by atoms with E-state index in [9.17, 15) is 4.79 Å². The van der Waals surface area contributed by atoms with Gasteiger partial charge in [0.1, 0.15) is 0 Å². The molecule has 0 aromatic heterocycles. The van der Waals surface area contributed by atoms with E-state index in [4.69, 9.17) is 5.73 Å². The summed E-state index contributed by atoms with van der Waals surface area (Å²) >= 11 is 3.34. The molecule has 0 radical (unpaired) electrons. The summed E-state index contributed by atoms with van der Waals surface area (Å²) in [6.45, 7) is 0. The van der Waals surface area contributed by atoms with E-state index < -0.39 is 0 Å². The Morgan fingerprint density at radius 2 is 1.89 bits per heavy atom. The smallest absolute Gasteiger partial charge is 0.251 e. The first-order valence-corrected chi connectivity index (χ1v) is 7.30. The first-order valence-electron chi connectivity index (χ1n) is 6.51. The zero-order valence-electron chi connectivity index (χ0n) is 10.2. The molecule has 0 saturated heterocycles. The fourth-order valence-electron chi connectivity index (χ4n) is 2.45. The van der Waals surface area contributed by atoms with Gasteiger partial charge < -0.3 is 11.1 Å². The first kappa shape index (κ1) is 12.0. The van der Waals surface area contributed by atoms with Crippen LogP contribution in [0.1, 0.15) is 36.0 Å². The lowest BCUT2D eigenvalue weighted by Gasteiger charge is -2.17. The summed E-state index contributed by atoms with van der Waals surface area (Å²) in [6, 6.07) is 5.76. The molecule has 2 saturated carbocycles. The number of halogens is 1. The molecule has 2 aliphatic rings. The second-order valence-electron chi connectivity index (χ2n) is 5.41. The summed E-state index contributed by atoms with van der Waals surface area (Å²) in [5.41, 5.74) is 7.07. The molecule has 0 unspecified atom stereocenters. The first-order chi connectivity index (χ1) is 8.65. The summed E-state index contributed by atoms with van der Waals surface area (Å²) in [7, 11) is 0. The highest BCUT2D eigenvalue weighted by Crippen LogP contribution is 2.44. The molecule has 1 aromatic carbocycles. The number of amides is 1. The molecule has 96 valence electrons. The van der Waals surface area contributed by atoms with E-state index >= 15 is 0 Å². The van der Waals surface area contributed by atoms with E-state index in [1.165, 1.54) is 25.7 Å². The molecule has 3 N–H and O–H groups in total. The predicted molar refractivity (Wildman–Crippen MR) is 75.3 cm³/mol. The molecule has 1 amide bonds. The number of carbonyl (C=O) groups is 1. The fraction of sp³-hybridized carbons (Fsp3) is 0.500. The molecule has 3 rings (SSSR count). The monoisotopic (exact) mass is 308 g/mol. The van der Waals surface area contributed by atoms with E-state index in [1.54, 1.807) is 6.07 Å². The van der Waals surface area contributed by atoms with Crippen LogP contribution in [0.2, 0.25) is 0 Å². The number of hydrogen-bond donors (Lipinski definition) is 2. The maximum atomic E-state index is 12.2. The molecule has 3 nitrogen and oxygen atoms in total. The van der Waals surface area contributed by atoms with Crippen molar-refractivity contribution in [1.82, 2.24) is 5.32 Å². The maximum Gasteiger partial charge on any atom is 0.251 e. The van der Waals surface area contributed by atoms with Crippen LogP contribution in [0.15, 0.2) is 22.7 Å². The molecule has 2 fully saturated rings. The third-order valence-electron chi connectivity index (χ3n) is 3.82. The van der Waals surface area contributed by atoms with Gasteiger partial charge in [0.25, 0.3) is 5.91 Å². The van der Waals surface area contributed by atoms with Crippen molar-refractivity contribution in [3.63, 3.8) is 0 Å². The fourth-order valence-corrected chi connectivity index (χ4v) is 2.70. The van der Waals surface area contributed by atoms with Gasteiger partial charge in [-0.3, -0.25) is 4.79 Å². The van der Waals surface area contributed by atoms with Gasteiger partial charge in [0, 0.05) is 21.8 Å². The molecule has 0 atom stereocenters. The Labute approximate surface area is 115 Å². The normalized spacial score (nSPS) is 19.0. The van der Waals surface area contributed by atoms with Crippen LogP contribution in [-0.4, -0.2) is 11.9 Å². The second-order valence-corrected chi connectivity index (χ2v) is 6.26. The van der Waals surface area contributed by atoms with Crippen LogP contribution in [0.3, 0.4) is 0 Å². The number of hydrogen-bond acceptors (Lipinski definition) is 2. The Morgan fingerprint density at radius 3 is 2.39 bits per heavy atom. The zero-order chi connectivity index (χ0) is 12.7. The number of nitrogens with one attached hydrogen (secondary N) is 1. The minimum absolute atomic E-state index is 0.0120. The largest absolute Gasteiger partial charge is 0.398 e. The van der Waals surface area contributed by atoms with Gasteiger partial charge in [-0.15, -0.1) is 0 Å². The lowest BCUT2D eigenvalue weighted by Crippen LogP contribution is -2.38. The SMILES string of the molecule is Nc1cc(C(=O)NC(C2CC2)C2CC2)ccc1Br. The van der Waals surface area contributed by atoms with Crippen LogP contribution in [0.5, 0.6) is 0 Å². The summed E-state index contributed by atoms with van der Waals surface area (Å²) < 4.78 is 0.833. The summed E-state index contributed by atoms with van der Waals surface area (Å²) in [5.74, 6) is 1.45. The third-order valence-corrected chi connectivity index (χ3v) is 4.54. The van der Waals surface area contributed by atoms with Crippen LogP contribution >= 0.6 is 15.9 Å². The number of nitrogens with two attached hydrogens (primary N) is 1. The Morgan fingerprint density at radius 1 is 1.28 bits per heavy atom. The van der Waals surface area contributed by atoms with E-state index in [1.807, 2.05) is 12.1 Å². The predicted octanol–water partition coefficient (Wildman–Crippen LogP) is 2.95. The molecular formula is C14H17BrN2O. The highest BCUT2D eigenvalue weighted by Gasteiger charge is 2.42. The van der Waals surface area contributed by atoms with Crippen LogP contribution in [0, 0.1) is 11.8 Å². The van der Waals surface area contributed by atoms with Crippen LogP contribution in [0.4, 0.5) is 5.69 Å². The van der Waals surface area contributed by atoms with E-state index in [2.05, 4.69) is 21.2 Å². The number of benzene rings is 1. The summed E-state index contributed by atoms with van der Waals surface area (Å²) in [5, 5.41) is 3.19. The average molecular weight is 309 g/mol. The number of rotatable bonds is 4. The molecular weight excluding hydrogens is 292 g/mol. The Kier molecular flexibility index (Phi) is 3.06. The van der Waals surface area contributed by atoms with Crippen LogP contribution < -0.4 is 11.1 Å². The highest BCUT2D eigenvalue weighted by molar-refractivity contribution is 9.10. The van der Waals surface area contributed by atoms with Crippen molar-refractivity contribution >= 4 is 27.5 Å². The Balaban J connectivity index is 1.71. The minimum atomic E-state index is 0.0120. The lowest BCUT2D eigenvalue weighted by molar-refractivity contribution is 0.0926. The summed E-state index contributed by atoms with van der Waals surface area (Å²) in [6.07, 6.45) is 5.07. The van der Waals surface area contributed by atoms with Crippen molar-refractivity contribution in [3.8, 4) is 0 Å². The molecule has 0 heterocycles. The van der Waals surface area contributed by atoms with E-state index in [0.717, 1.165) is 4.47 Å². The van der Waals surface area contributed by atoms with Gasteiger partial charge in [-0.1, -0.05) is 0 Å². The van der Waals surface area contributed by atoms with Gasteiger partial charge in [0.15, 0.2) is 0 Å². The Hall–Kier alpha value is -1.03. The van der Waals surface area contributed by atoms with Crippen molar-refractivity contribution in [2.45, 2.75) is 31.7 Å². The van der Waals surface area contributed by atoms with Crippen molar-refractivity contribution in [3.05, 3.63) is 28.2 Å². The van der Waals surface area contributed by atoms with Gasteiger partial charge in [-0.25, -0.2) is 0 Å². The molecule has 0 spiro atoms. The van der Waals surface area contributed by atoms with Crippen molar-refractivity contribution < 1.29 is 4.79 Å². The summed E-state index contributed by atoms with van der Waals surface area (Å²) in [4.78, 5) is 12.2. The molecule has 1 aromatic rings. The quantitative estimate of drug-likeness (QED) is 0.840. The van der Waals surface area contributed by atoms with Gasteiger partial charge >= 0.3 is 0 Å². The second kappa shape index (κ2) is 4.57. The van der Waals surface area contributed by atoms with Gasteiger partial charge in [0.05, 0.1) is 0 Å². The van der Waals surface area contributed by atoms with Crippen LogP contribution in [-0.2, 0) is 0 Å². The standard InChI is InChI=1S/C14H17BrN2O/c15-11-6-5-10(7-12(11)16)14(18)17-13(8-1-2-8)9-3-4-9/h5-9,13H,1-4,16H2,(H,17,18). The maximum absolute atomic E-state index is 12.2. The zero-order valence-corrected chi connectivity index (χ0v) is 11.7. The lowest BCUT2D eigenvalue weighted by atomic mass is 10.1. The third kappa shape index (κ3) is 2.53. The van der Waals surface area contributed by atoms with Crippen LogP contribution in [0.25, 0.3) is 0 Å². The van der Waals surface area contributed by atoms with Gasteiger partial charge in [-0.2, -0.15) is 0 Å². The minimum Gasteiger partial charge on any atom is -0.398 e. The molecule has 0 bridgehead atoms. The van der Waals surface area contributed by atoms with Gasteiger partial charge in [0.2, 0.25) is 0 Å². The molecule has 0 aliphatic heterocycles. The van der Waals surface area contributed by atoms with Crippen molar-refractivity contribution in [2.75, 3.05) is 5.73 Å². The number of anilines is 1. The highest BCUT2D eigenvalue weighted by atomic mass is 79.9.